The normalized spacial score (nSPS) is 13.7. The van der Waals surface area contributed by atoms with Crippen LogP contribution in [-0.4, -0.2) is 12.3 Å². The van der Waals surface area contributed by atoms with Crippen LogP contribution in [0.1, 0.15) is 22.8 Å². The second-order valence-electron chi connectivity index (χ2n) is 3.22. The molecule has 1 aromatic rings. The van der Waals surface area contributed by atoms with Crippen molar-refractivity contribution in [3.05, 3.63) is 27.7 Å². The highest BCUT2D eigenvalue weighted by molar-refractivity contribution is 9.10. The van der Waals surface area contributed by atoms with Crippen molar-refractivity contribution in [3.8, 4) is 0 Å². The molecule has 0 spiro atoms. The molecule has 0 unspecified atom stereocenters. The molecule has 1 aliphatic heterocycles. The fourth-order valence-corrected chi connectivity index (χ4v) is 2.26. The third-order valence-corrected chi connectivity index (χ3v) is 2.94. The Morgan fingerprint density at radius 3 is 3.00 bits per heavy atom. The number of hydrogen-bond acceptors (Lipinski definition) is 2. The number of halogens is 1. The average molecular weight is 240 g/mol. The maximum atomic E-state index is 11.2. The molecule has 2 rings (SSSR count). The molecule has 1 aliphatic rings. The minimum absolute atomic E-state index is 0.100. The Morgan fingerprint density at radius 2 is 2.31 bits per heavy atom. The average Bonchev–Trinajstić information content (AvgIpc) is 2.48. The van der Waals surface area contributed by atoms with E-state index in [0.717, 1.165) is 28.7 Å². The van der Waals surface area contributed by atoms with Gasteiger partial charge in [0.15, 0.2) is 5.78 Å². The van der Waals surface area contributed by atoms with E-state index in [-0.39, 0.29) is 5.78 Å². The Bertz CT molecular complexity index is 373. The monoisotopic (exact) mass is 239 g/mol. The Balaban J connectivity index is 2.55. The molecule has 0 bridgehead atoms. The van der Waals surface area contributed by atoms with Gasteiger partial charge in [0.1, 0.15) is 0 Å². The summed E-state index contributed by atoms with van der Waals surface area (Å²) in [5, 5.41) is 3.25. The molecule has 1 heterocycles. The molecule has 3 heteroatoms. The van der Waals surface area contributed by atoms with Crippen LogP contribution < -0.4 is 5.32 Å². The number of hydrogen-bond donors (Lipinski definition) is 1. The van der Waals surface area contributed by atoms with E-state index in [0.29, 0.717) is 0 Å². The summed E-state index contributed by atoms with van der Waals surface area (Å²) >= 11 is 3.40. The predicted molar refractivity (Wildman–Crippen MR) is 56.3 cm³/mol. The van der Waals surface area contributed by atoms with Crippen LogP contribution in [0.25, 0.3) is 0 Å². The van der Waals surface area contributed by atoms with Crippen molar-refractivity contribution in [2.45, 2.75) is 13.3 Å². The lowest BCUT2D eigenvalue weighted by molar-refractivity contribution is 0.101. The molecule has 0 aromatic heterocycles. The Morgan fingerprint density at radius 1 is 1.54 bits per heavy atom. The maximum absolute atomic E-state index is 11.2. The van der Waals surface area contributed by atoms with Gasteiger partial charge in [-0.15, -0.1) is 0 Å². The van der Waals surface area contributed by atoms with Gasteiger partial charge >= 0.3 is 0 Å². The van der Waals surface area contributed by atoms with Crippen molar-refractivity contribution in [2.24, 2.45) is 0 Å². The Labute approximate surface area is 85.5 Å². The molecule has 2 nitrogen and oxygen atoms in total. The van der Waals surface area contributed by atoms with Gasteiger partial charge in [-0.05, 0) is 31.0 Å². The van der Waals surface area contributed by atoms with Gasteiger partial charge in [0.05, 0.1) is 0 Å². The third kappa shape index (κ3) is 1.48. The second kappa shape index (κ2) is 3.14. The van der Waals surface area contributed by atoms with Crippen molar-refractivity contribution < 1.29 is 4.79 Å². The molecule has 0 radical (unpaired) electrons. The van der Waals surface area contributed by atoms with Gasteiger partial charge in [-0.3, -0.25) is 4.79 Å². The first-order valence-electron chi connectivity index (χ1n) is 4.25. The zero-order valence-electron chi connectivity index (χ0n) is 7.36. The van der Waals surface area contributed by atoms with Crippen molar-refractivity contribution in [3.63, 3.8) is 0 Å². The molecular weight excluding hydrogens is 230 g/mol. The molecule has 1 aromatic carbocycles. The number of fused-ring (bicyclic) bond motifs is 1. The molecule has 0 fully saturated rings. The maximum Gasteiger partial charge on any atom is 0.161 e. The molecule has 0 saturated carbocycles. The van der Waals surface area contributed by atoms with Gasteiger partial charge in [-0.25, -0.2) is 0 Å². The molecular formula is C10H10BrNO. The zero-order valence-corrected chi connectivity index (χ0v) is 8.94. The summed E-state index contributed by atoms with van der Waals surface area (Å²) < 4.78 is 0.905. The summed E-state index contributed by atoms with van der Waals surface area (Å²) in [6.45, 7) is 2.56. The summed E-state index contributed by atoms with van der Waals surface area (Å²) in [5.74, 6) is 0.100. The first-order valence-corrected chi connectivity index (χ1v) is 5.05. The fraction of sp³-hybridized carbons (Fsp3) is 0.300. The lowest BCUT2D eigenvalue weighted by atomic mass is 10.1. The quantitative estimate of drug-likeness (QED) is 0.764. The second-order valence-corrected chi connectivity index (χ2v) is 4.08. The molecule has 0 saturated heterocycles. The van der Waals surface area contributed by atoms with E-state index in [1.165, 1.54) is 5.56 Å². The predicted octanol–water partition coefficient (Wildman–Crippen LogP) is 2.62. The highest BCUT2D eigenvalue weighted by Gasteiger charge is 2.14. The molecule has 13 heavy (non-hydrogen) atoms. The molecule has 68 valence electrons. The Hall–Kier alpha value is -0.830. The summed E-state index contributed by atoms with van der Waals surface area (Å²) in [4.78, 5) is 11.2. The summed E-state index contributed by atoms with van der Waals surface area (Å²) in [5.41, 5.74) is 3.15. The smallest absolute Gasteiger partial charge is 0.161 e. The van der Waals surface area contributed by atoms with Gasteiger partial charge in [0.25, 0.3) is 0 Å². The van der Waals surface area contributed by atoms with E-state index in [2.05, 4.69) is 21.2 Å². The third-order valence-electron chi connectivity index (χ3n) is 2.28. The lowest BCUT2D eigenvalue weighted by Gasteiger charge is -2.04. The molecule has 1 N–H and O–H groups in total. The van der Waals surface area contributed by atoms with Gasteiger partial charge in [0, 0.05) is 22.3 Å². The standard InChI is InChI=1S/C10H10BrNO/c1-6(13)8-5-10-7(2-3-12-10)4-9(8)11/h4-5,12H,2-3H2,1H3. The van der Waals surface area contributed by atoms with E-state index >= 15 is 0 Å². The highest BCUT2D eigenvalue weighted by atomic mass is 79.9. The van der Waals surface area contributed by atoms with Crippen LogP contribution in [-0.2, 0) is 6.42 Å². The largest absolute Gasteiger partial charge is 0.384 e. The van der Waals surface area contributed by atoms with Gasteiger partial charge in [-0.1, -0.05) is 15.9 Å². The minimum Gasteiger partial charge on any atom is -0.384 e. The van der Waals surface area contributed by atoms with Crippen LogP contribution in [0.4, 0.5) is 5.69 Å². The number of carbonyl (C=O) groups is 1. The summed E-state index contributed by atoms with van der Waals surface area (Å²) in [6, 6.07) is 3.96. The number of Topliss-reactive ketones (excluding diaryl/α,β-unsaturated/α-hetero) is 1. The van der Waals surface area contributed by atoms with Crippen molar-refractivity contribution >= 4 is 27.4 Å². The van der Waals surface area contributed by atoms with Crippen LogP contribution >= 0.6 is 15.9 Å². The summed E-state index contributed by atoms with van der Waals surface area (Å²) in [6.07, 6.45) is 1.05. The van der Waals surface area contributed by atoms with E-state index in [1.54, 1.807) is 6.92 Å². The van der Waals surface area contributed by atoms with E-state index in [1.807, 2.05) is 12.1 Å². The van der Waals surface area contributed by atoms with Crippen LogP contribution in [0.2, 0.25) is 0 Å². The van der Waals surface area contributed by atoms with Crippen molar-refractivity contribution in [1.82, 2.24) is 0 Å². The SMILES string of the molecule is CC(=O)c1cc2c(cc1Br)CCN2. The van der Waals surface area contributed by atoms with Crippen LogP contribution in [0.3, 0.4) is 0 Å². The fourth-order valence-electron chi connectivity index (χ4n) is 1.59. The lowest BCUT2D eigenvalue weighted by Crippen LogP contribution is -1.96. The van der Waals surface area contributed by atoms with Crippen LogP contribution in [0.15, 0.2) is 16.6 Å². The van der Waals surface area contributed by atoms with Crippen LogP contribution in [0.5, 0.6) is 0 Å². The van der Waals surface area contributed by atoms with Gasteiger partial charge in [-0.2, -0.15) is 0 Å². The minimum atomic E-state index is 0.100. The van der Waals surface area contributed by atoms with Gasteiger partial charge < -0.3 is 5.32 Å². The number of ketones is 1. The number of rotatable bonds is 1. The first-order chi connectivity index (χ1) is 6.18. The van der Waals surface area contributed by atoms with E-state index < -0.39 is 0 Å². The molecule has 0 atom stereocenters. The topological polar surface area (TPSA) is 29.1 Å². The van der Waals surface area contributed by atoms with E-state index in [4.69, 9.17) is 0 Å². The molecule has 0 amide bonds. The van der Waals surface area contributed by atoms with Gasteiger partial charge in [0.2, 0.25) is 0 Å². The van der Waals surface area contributed by atoms with E-state index in [9.17, 15) is 4.79 Å². The van der Waals surface area contributed by atoms with Crippen molar-refractivity contribution in [1.29, 1.82) is 0 Å². The molecule has 0 aliphatic carbocycles. The van der Waals surface area contributed by atoms with Crippen LogP contribution in [0, 0.1) is 0 Å². The zero-order chi connectivity index (χ0) is 9.42. The van der Waals surface area contributed by atoms with Crippen molar-refractivity contribution in [2.75, 3.05) is 11.9 Å². The number of nitrogens with one attached hydrogen (secondary N) is 1. The summed E-state index contributed by atoms with van der Waals surface area (Å²) in [7, 11) is 0. The highest BCUT2D eigenvalue weighted by Crippen LogP contribution is 2.29. The number of benzene rings is 1. The number of anilines is 1. The Kier molecular flexibility index (Phi) is 2.12. The number of carbonyl (C=O) groups excluding carboxylic acids is 1. The first kappa shape index (κ1) is 8.75.